The molecule has 128 valence electrons. The number of benzene rings is 1. The molecule has 0 heterocycles. The number of hydrogen-bond donors (Lipinski definition) is 1. The first-order valence-corrected chi connectivity index (χ1v) is 7.85. The molecule has 0 aliphatic heterocycles. The summed E-state index contributed by atoms with van der Waals surface area (Å²) in [5.41, 5.74) is 6.52. The highest BCUT2D eigenvalue weighted by atomic mass is 16.5. The first kappa shape index (κ1) is 17.4. The van der Waals surface area contributed by atoms with E-state index in [2.05, 4.69) is 0 Å². The summed E-state index contributed by atoms with van der Waals surface area (Å²) in [6.45, 7) is 0.555. The summed E-state index contributed by atoms with van der Waals surface area (Å²) in [6.07, 6.45) is 2.98. The fourth-order valence-corrected chi connectivity index (χ4v) is 3.28. The van der Waals surface area contributed by atoms with Crippen molar-refractivity contribution < 1.29 is 19.0 Å². The summed E-state index contributed by atoms with van der Waals surface area (Å²) in [6, 6.07) is 3.57. The topological polar surface area (TPSA) is 74.0 Å². The zero-order valence-corrected chi connectivity index (χ0v) is 14.3. The molecule has 0 saturated heterocycles. The molecule has 0 bridgehead atoms. The number of methoxy groups -OCH3 is 3. The molecule has 1 saturated carbocycles. The lowest BCUT2D eigenvalue weighted by atomic mass is 9.94. The van der Waals surface area contributed by atoms with Gasteiger partial charge in [0.05, 0.1) is 27.0 Å². The van der Waals surface area contributed by atoms with Crippen molar-refractivity contribution >= 4 is 11.6 Å². The number of hydrogen-bond acceptors (Lipinski definition) is 5. The van der Waals surface area contributed by atoms with Gasteiger partial charge in [-0.15, -0.1) is 0 Å². The van der Waals surface area contributed by atoms with Crippen LogP contribution in [-0.2, 0) is 4.79 Å². The van der Waals surface area contributed by atoms with Crippen molar-refractivity contribution in [3.63, 3.8) is 0 Å². The molecular weight excluding hydrogens is 296 g/mol. The van der Waals surface area contributed by atoms with E-state index in [1.807, 2.05) is 0 Å². The van der Waals surface area contributed by atoms with Gasteiger partial charge in [0.15, 0.2) is 11.5 Å². The number of nitrogens with two attached hydrogens (primary N) is 1. The summed E-state index contributed by atoms with van der Waals surface area (Å²) in [7, 11) is 6.45. The third kappa shape index (κ3) is 3.37. The maximum Gasteiger partial charge on any atom is 0.230 e. The van der Waals surface area contributed by atoms with Crippen molar-refractivity contribution in [1.82, 2.24) is 0 Å². The Balaban J connectivity index is 2.31. The maximum absolute atomic E-state index is 12.8. The fraction of sp³-hybridized carbons (Fsp3) is 0.588. The molecule has 0 spiro atoms. The minimum absolute atomic E-state index is 0.0101. The van der Waals surface area contributed by atoms with E-state index >= 15 is 0 Å². The van der Waals surface area contributed by atoms with E-state index in [9.17, 15) is 4.79 Å². The van der Waals surface area contributed by atoms with E-state index < -0.39 is 0 Å². The molecule has 1 aromatic rings. The van der Waals surface area contributed by atoms with E-state index in [0.29, 0.717) is 29.5 Å². The lowest BCUT2D eigenvalue weighted by Gasteiger charge is -2.25. The van der Waals surface area contributed by atoms with Crippen LogP contribution < -0.4 is 24.8 Å². The quantitative estimate of drug-likeness (QED) is 0.867. The number of carbonyl (C=O) groups excluding carboxylic acids is 1. The number of amides is 1. The highest BCUT2D eigenvalue weighted by Crippen LogP contribution is 2.41. The van der Waals surface area contributed by atoms with Crippen LogP contribution >= 0.6 is 0 Å². The fourth-order valence-electron chi connectivity index (χ4n) is 3.28. The SMILES string of the molecule is COc1cc(N(C)C(=O)[C@@H]2CCC[C@@H]2CN)cc(OC)c1OC. The lowest BCUT2D eigenvalue weighted by molar-refractivity contribution is -0.123. The van der Waals surface area contributed by atoms with Gasteiger partial charge in [-0.3, -0.25) is 4.79 Å². The lowest BCUT2D eigenvalue weighted by Crippen LogP contribution is -2.36. The van der Waals surface area contributed by atoms with Crippen LogP contribution in [-0.4, -0.2) is 40.8 Å². The Labute approximate surface area is 137 Å². The van der Waals surface area contributed by atoms with Crippen LogP contribution in [0.15, 0.2) is 12.1 Å². The number of nitrogens with zero attached hydrogens (tertiary/aromatic N) is 1. The van der Waals surface area contributed by atoms with Crippen LogP contribution in [0.4, 0.5) is 5.69 Å². The van der Waals surface area contributed by atoms with Crippen LogP contribution in [0, 0.1) is 11.8 Å². The predicted octanol–water partition coefficient (Wildman–Crippen LogP) is 2.05. The minimum atomic E-state index is -0.0101. The van der Waals surface area contributed by atoms with Crippen LogP contribution in [0.2, 0.25) is 0 Å². The molecule has 1 fully saturated rings. The van der Waals surface area contributed by atoms with E-state index in [1.165, 1.54) is 0 Å². The van der Waals surface area contributed by atoms with Crippen LogP contribution in [0.3, 0.4) is 0 Å². The van der Waals surface area contributed by atoms with Crippen molar-refractivity contribution in [2.45, 2.75) is 19.3 Å². The van der Waals surface area contributed by atoms with Gasteiger partial charge in [0.2, 0.25) is 11.7 Å². The predicted molar refractivity (Wildman–Crippen MR) is 89.4 cm³/mol. The smallest absolute Gasteiger partial charge is 0.230 e. The first-order chi connectivity index (χ1) is 11.1. The molecule has 23 heavy (non-hydrogen) atoms. The van der Waals surface area contributed by atoms with E-state index in [-0.39, 0.29) is 17.7 Å². The van der Waals surface area contributed by atoms with Gasteiger partial charge in [-0.05, 0) is 25.3 Å². The van der Waals surface area contributed by atoms with E-state index in [0.717, 1.165) is 19.3 Å². The molecule has 0 radical (unpaired) electrons. The molecule has 1 amide bonds. The summed E-state index contributed by atoms with van der Waals surface area (Å²) in [5, 5.41) is 0. The number of rotatable bonds is 6. The molecular formula is C17H26N2O4. The van der Waals surface area contributed by atoms with Gasteiger partial charge < -0.3 is 24.8 Å². The summed E-state index contributed by atoms with van der Waals surface area (Å²) < 4.78 is 16.0. The average molecular weight is 322 g/mol. The second-order valence-electron chi connectivity index (χ2n) is 5.81. The minimum Gasteiger partial charge on any atom is -0.493 e. The molecule has 6 nitrogen and oxygen atoms in total. The molecule has 6 heteroatoms. The average Bonchev–Trinajstić information content (AvgIpc) is 3.07. The van der Waals surface area contributed by atoms with Crippen LogP contribution in [0.5, 0.6) is 17.2 Å². The van der Waals surface area contributed by atoms with Gasteiger partial charge in [0.25, 0.3) is 0 Å². The van der Waals surface area contributed by atoms with Crippen LogP contribution in [0.25, 0.3) is 0 Å². The Morgan fingerprint density at radius 3 is 2.26 bits per heavy atom. The van der Waals surface area contributed by atoms with E-state index in [1.54, 1.807) is 45.4 Å². The molecule has 0 unspecified atom stereocenters. The van der Waals surface area contributed by atoms with Crippen molar-refractivity contribution in [3.8, 4) is 17.2 Å². The molecule has 2 N–H and O–H groups in total. The van der Waals surface area contributed by atoms with Gasteiger partial charge in [0, 0.05) is 25.1 Å². The third-order valence-electron chi connectivity index (χ3n) is 4.65. The Morgan fingerprint density at radius 1 is 1.17 bits per heavy atom. The monoisotopic (exact) mass is 322 g/mol. The Kier molecular flexibility index (Phi) is 5.71. The summed E-state index contributed by atoms with van der Waals surface area (Å²) in [4.78, 5) is 14.5. The number of carbonyl (C=O) groups is 1. The number of anilines is 1. The van der Waals surface area contributed by atoms with Crippen molar-refractivity contribution in [2.75, 3.05) is 39.8 Å². The molecule has 2 rings (SSSR count). The first-order valence-electron chi connectivity index (χ1n) is 7.85. The van der Waals surface area contributed by atoms with Crippen LogP contribution in [0.1, 0.15) is 19.3 Å². The van der Waals surface area contributed by atoms with Gasteiger partial charge in [-0.1, -0.05) is 6.42 Å². The van der Waals surface area contributed by atoms with Crippen molar-refractivity contribution in [1.29, 1.82) is 0 Å². The zero-order valence-electron chi connectivity index (χ0n) is 14.3. The van der Waals surface area contributed by atoms with Gasteiger partial charge in [0.1, 0.15) is 0 Å². The second-order valence-corrected chi connectivity index (χ2v) is 5.81. The normalized spacial score (nSPS) is 20.2. The van der Waals surface area contributed by atoms with Gasteiger partial charge >= 0.3 is 0 Å². The molecule has 1 aliphatic carbocycles. The Bertz CT molecular complexity index is 537. The summed E-state index contributed by atoms with van der Waals surface area (Å²) >= 11 is 0. The summed E-state index contributed by atoms with van der Waals surface area (Å²) in [5.74, 6) is 1.93. The number of ether oxygens (including phenoxy) is 3. The Hall–Kier alpha value is -1.95. The zero-order chi connectivity index (χ0) is 17.0. The van der Waals surface area contributed by atoms with E-state index in [4.69, 9.17) is 19.9 Å². The maximum atomic E-state index is 12.8. The second kappa shape index (κ2) is 7.55. The van der Waals surface area contributed by atoms with Gasteiger partial charge in [-0.2, -0.15) is 0 Å². The molecule has 1 aromatic carbocycles. The molecule has 2 atom stereocenters. The third-order valence-corrected chi connectivity index (χ3v) is 4.65. The highest BCUT2D eigenvalue weighted by Gasteiger charge is 2.34. The molecule has 0 aromatic heterocycles. The Morgan fingerprint density at radius 2 is 1.78 bits per heavy atom. The van der Waals surface area contributed by atoms with Gasteiger partial charge in [-0.25, -0.2) is 0 Å². The largest absolute Gasteiger partial charge is 0.493 e. The van der Waals surface area contributed by atoms with Crippen molar-refractivity contribution in [2.24, 2.45) is 17.6 Å². The standard InChI is InChI=1S/C17H26N2O4/c1-19(17(20)13-7-5-6-11(13)10-18)12-8-14(21-2)16(23-4)15(9-12)22-3/h8-9,11,13H,5-7,10,18H2,1-4H3/t11-,13-/m1/s1. The highest BCUT2D eigenvalue weighted by molar-refractivity contribution is 5.95. The molecule has 1 aliphatic rings. The van der Waals surface area contributed by atoms with Crippen molar-refractivity contribution in [3.05, 3.63) is 12.1 Å².